The Bertz CT molecular complexity index is 2930. The molecule has 16 heteroatoms. The highest BCUT2D eigenvalue weighted by molar-refractivity contribution is 6.03. The number of piperazine rings is 2. The smallest absolute Gasteiger partial charge is 0.274 e. The Balaban J connectivity index is 0.721. The lowest BCUT2D eigenvalue weighted by Gasteiger charge is -2.39. The molecule has 0 spiro atoms. The number of H-pyrrole nitrogens is 1. The number of likely N-dealkylation sites (tertiary alicyclic amines) is 1. The summed E-state index contributed by atoms with van der Waals surface area (Å²) in [7, 11) is 0. The number of benzene rings is 4. The number of aryl methyl sites for hydroxylation is 1. The summed E-state index contributed by atoms with van der Waals surface area (Å²) < 4.78 is 15.1. The van der Waals surface area contributed by atoms with E-state index in [-0.39, 0.29) is 41.1 Å². The molecule has 9 rings (SSSR count). The summed E-state index contributed by atoms with van der Waals surface area (Å²) in [5, 5.41) is 14.2. The maximum Gasteiger partial charge on any atom is 0.274 e. The van der Waals surface area contributed by atoms with Crippen molar-refractivity contribution in [1.29, 1.82) is 0 Å². The third kappa shape index (κ3) is 12.1. The summed E-state index contributed by atoms with van der Waals surface area (Å²) in [5.41, 5.74) is 5.68. The Morgan fingerprint density at radius 3 is 2.14 bits per heavy atom. The first-order valence-electron chi connectivity index (χ1n) is 24.8. The summed E-state index contributed by atoms with van der Waals surface area (Å²) in [6, 6.07) is 31.6. The highest BCUT2D eigenvalue weighted by Gasteiger charge is 2.31. The lowest BCUT2D eigenvalue weighted by atomic mass is 9.96. The number of halogens is 1. The van der Waals surface area contributed by atoms with Gasteiger partial charge in [0.1, 0.15) is 5.82 Å². The Kier molecular flexibility index (Phi) is 15.6. The highest BCUT2D eigenvalue weighted by atomic mass is 19.1. The van der Waals surface area contributed by atoms with Crippen molar-refractivity contribution in [3.05, 3.63) is 159 Å². The second-order valence-electron chi connectivity index (χ2n) is 18.8. The van der Waals surface area contributed by atoms with Gasteiger partial charge in [-0.2, -0.15) is 5.10 Å². The number of hydrogen-bond acceptors (Lipinski definition) is 10. The van der Waals surface area contributed by atoms with Gasteiger partial charge in [-0.3, -0.25) is 33.8 Å². The molecule has 6 aromatic rings. The molecule has 0 atom stereocenters. The van der Waals surface area contributed by atoms with Gasteiger partial charge in [-0.25, -0.2) is 14.5 Å². The van der Waals surface area contributed by atoms with Gasteiger partial charge in [-0.1, -0.05) is 85.8 Å². The molecule has 0 aliphatic carbocycles. The minimum Gasteiger partial charge on any atom is -0.338 e. The third-order valence-corrected chi connectivity index (χ3v) is 14.1. The zero-order chi connectivity index (χ0) is 49.3. The molecule has 3 aliphatic heterocycles. The topological polar surface area (TPSA) is 167 Å². The van der Waals surface area contributed by atoms with Crippen LogP contribution in [-0.4, -0.2) is 148 Å². The largest absolute Gasteiger partial charge is 0.338 e. The van der Waals surface area contributed by atoms with E-state index in [2.05, 4.69) is 54.7 Å². The van der Waals surface area contributed by atoms with Crippen molar-refractivity contribution >= 4 is 40.1 Å². The minimum absolute atomic E-state index is 0.0263. The van der Waals surface area contributed by atoms with Crippen molar-refractivity contribution in [3.63, 3.8) is 0 Å². The fourth-order valence-corrected chi connectivity index (χ4v) is 9.91. The molecule has 3 N–H and O–H groups in total. The van der Waals surface area contributed by atoms with Gasteiger partial charge in [0.05, 0.1) is 35.4 Å². The zero-order valence-electron chi connectivity index (χ0n) is 40.2. The molecule has 0 radical (unpaired) electrons. The molecule has 3 fully saturated rings. The van der Waals surface area contributed by atoms with Gasteiger partial charge < -0.3 is 25.3 Å². The molecular formula is C55H61FN10O5. The number of nitrogens with one attached hydrogen (secondary N) is 3. The van der Waals surface area contributed by atoms with Crippen LogP contribution in [0.3, 0.4) is 0 Å². The van der Waals surface area contributed by atoms with Crippen LogP contribution in [0.1, 0.15) is 63.0 Å². The van der Waals surface area contributed by atoms with E-state index < -0.39 is 11.7 Å². The summed E-state index contributed by atoms with van der Waals surface area (Å²) in [6.07, 6.45) is 4.84. The van der Waals surface area contributed by atoms with Gasteiger partial charge in [-0.05, 0) is 84.8 Å². The van der Waals surface area contributed by atoms with E-state index in [0.29, 0.717) is 92.4 Å². The monoisotopic (exact) mass is 960 g/mol. The fraction of sp³-hybridized carbons (Fsp3) is 0.364. The van der Waals surface area contributed by atoms with Crippen LogP contribution in [-0.2, 0) is 29.0 Å². The molecule has 2 aromatic heterocycles. The number of pyridine rings is 1. The van der Waals surface area contributed by atoms with Crippen molar-refractivity contribution in [2.75, 3.05) is 90.4 Å². The summed E-state index contributed by atoms with van der Waals surface area (Å²) in [5.74, 6) is -0.981. The van der Waals surface area contributed by atoms with Crippen LogP contribution < -0.4 is 16.2 Å². The standard InChI is InChI=1S/C55H61FN10O5/c1-2-38-11-8-12-42(29-38)43-32-49(59-50(67)35-57-33-39-9-4-3-5-10-39)52(58-34-43)55(71)66-23-21-63(22-24-66)36-40-17-19-62(20-18-40)37-51(68)64-25-27-65(28-26-64)54(70)46-30-41(15-16-47(46)56)31-48-44-13-6-7-14-45(44)53(69)61-60-48/h3-16,29-30,32,34,40,57H,2,17-28,31,33,35-37H2,1H3,(H,59,67)(H,61,69). The Morgan fingerprint density at radius 2 is 1.38 bits per heavy atom. The molecular weight excluding hydrogens is 900 g/mol. The van der Waals surface area contributed by atoms with Gasteiger partial charge in [0.2, 0.25) is 11.8 Å². The number of carbonyl (C=O) groups is 4. The molecule has 3 aliphatic rings. The van der Waals surface area contributed by atoms with E-state index in [1.807, 2.05) is 65.6 Å². The van der Waals surface area contributed by atoms with Crippen LogP contribution in [0.5, 0.6) is 0 Å². The SMILES string of the molecule is CCc1cccc(-c2cnc(C(=O)N3CCN(CC4CCN(CC(=O)N5CCN(C(=O)c6cc(Cc7n[nH]c(=O)c8ccccc78)ccc6F)CC5)CC4)CC3)c(NC(=O)CNCc3ccccc3)c2)c1. The number of anilines is 1. The number of rotatable bonds is 15. The maximum absolute atomic E-state index is 15.1. The maximum atomic E-state index is 15.1. The number of aromatic nitrogens is 3. The molecule has 0 bridgehead atoms. The molecule has 15 nitrogen and oxygen atoms in total. The van der Waals surface area contributed by atoms with Gasteiger partial charge >= 0.3 is 0 Å². The number of hydrogen-bond donors (Lipinski definition) is 3. The van der Waals surface area contributed by atoms with Crippen LogP contribution in [0.2, 0.25) is 0 Å². The third-order valence-electron chi connectivity index (χ3n) is 14.1. The van der Waals surface area contributed by atoms with Gasteiger partial charge in [0.15, 0.2) is 5.69 Å². The van der Waals surface area contributed by atoms with Crippen molar-refractivity contribution in [1.82, 2.24) is 45.0 Å². The quantitative estimate of drug-likeness (QED) is 0.120. The molecule has 0 saturated carbocycles. The van der Waals surface area contributed by atoms with Crippen molar-refractivity contribution < 1.29 is 23.6 Å². The fourth-order valence-electron chi connectivity index (χ4n) is 9.91. The lowest BCUT2D eigenvalue weighted by Crippen LogP contribution is -2.53. The lowest BCUT2D eigenvalue weighted by molar-refractivity contribution is -0.134. The molecule has 5 heterocycles. The molecule has 368 valence electrons. The van der Waals surface area contributed by atoms with E-state index in [1.165, 1.54) is 11.6 Å². The van der Waals surface area contributed by atoms with Crippen molar-refractivity contribution in [2.24, 2.45) is 5.92 Å². The van der Waals surface area contributed by atoms with Gasteiger partial charge in [0.25, 0.3) is 17.4 Å². The zero-order valence-corrected chi connectivity index (χ0v) is 40.2. The van der Waals surface area contributed by atoms with E-state index in [0.717, 1.165) is 68.7 Å². The number of aromatic amines is 1. The first-order chi connectivity index (χ1) is 34.6. The summed E-state index contributed by atoms with van der Waals surface area (Å²) >= 11 is 0. The first-order valence-corrected chi connectivity index (χ1v) is 24.8. The molecule has 3 saturated heterocycles. The molecule has 71 heavy (non-hydrogen) atoms. The van der Waals surface area contributed by atoms with E-state index in [4.69, 9.17) is 0 Å². The Hall–Kier alpha value is -7.14. The molecule has 4 amide bonds. The second kappa shape index (κ2) is 22.7. The van der Waals surface area contributed by atoms with E-state index in [1.54, 1.807) is 40.3 Å². The average molecular weight is 961 g/mol. The Labute approximate surface area is 413 Å². The number of fused-ring (bicyclic) bond motifs is 1. The van der Waals surface area contributed by atoms with Crippen LogP contribution in [0, 0.1) is 11.7 Å². The van der Waals surface area contributed by atoms with Crippen molar-refractivity contribution in [3.8, 4) is 11.1 Å². The van der Waals surface area contributed by atoms with Crippen molar-refractivity contribution in [2.45, 2.75) is 39.2 Å². The van der Waals surface area contributed by atoms with E-state index in [9.17, 15) is 24.0 Å². The Morgan fingerprint density at radius 1 is 0.690 bits per heavy atom. The number of carbonyl (C=O) groups excluding carboxylic acids is 4. The normalized spacial score (nSPS) is 16.1. The van der Waals surface area contributed by atoms with Gasteiger partial charge in [-0.15, -0.1) is 0 Å². The summed E-state index contributed by atoms with van der Waals surface area (Å²) in [6.45, 7) is 9.52. The number of piperidine rings is 1. The summed E-state index contributed by atoms with van der Waals surface area (Å²) in [4.78, 5) is 81.2. The predicted octanol–water partition coefficient (Wildman–Crippen LogP) is 5.46. The van der Waals surface area contributed by atoms with E-state index >= 15 is 4.39 Å². The minimum atomic E-state index is -0.609. The van der Waals surface area contributed by atoms with Gasteiger partial charge in [0, 0.05) is 89.0 Å². The van der Waals surface area contributed by atoms with Crippen LogP contribution >= 0.6 is 0 Å². The van der Waals surface area contributed by atoms with Crippen LogP contribution in [0.15, 0.2) is 114 Å². The predicted molar refractivity (Wildman–Crippen MR) is 271 cm³/mol. The van der Waals surface area contributed by atoms with Crippen LogP contribution in [0.25, 0.3) is 21.9 Å². The molecule has 4 aromatic carbocycles. The van der Waals surface area contributed by atoms with Crippen LogP contribution in [0.4, 0.5) is 10.1 Å². The first kappa shape index (κ1) is 48.9. The number of nitrogens with zero attached hydrogens (tertiary/aromatic N) is 7. The molecule has 0 unspecified atom stereocenters. The number of amides is 4. The second-order valence-corrected chi connectivity index (χ2v) is 18.8. The highest BCUT2D eigenvalue weighted by Crippen LogP contribution is 2.28. The average Bonchev–Trinajstić information content (AvgIpc) is 3.40.